The molecule has 1 N–H and O–H groups in total. The molecule has 1 heterocycles. The molecule has 3 unspecified atom stereocenters. The number of aliphatic hydroxyl groups is 1. The van der Waals surface area contributed by atoms with Gasteiger partial charge in [-0.05, 0) is 50.3 Å². The molecule has 3 atom stereocenters. The van der Waals surface area contributed by atoms with Crippen molar-refractivity contribution in [1.29, 1.82) is 0 Å². The zero-order valence-corrected chi connectivity index (χ0v) is 12.3. The maximum Gasteiger partial charge on any atom is 0.0947 e. The molecule has 1 saturated heterocycles. The van der Waals surface area contributed by atoms with Crippen LogP contribution in [0.15, 0.2) is 24.3 Å². The second-order valence-corrected chi connectivity index (χ2v) is 5.96. The largest absolute Gasteiger partial charge is 0.387 e. The van der Waals surface area contributed by atoms with Gasteiger partial charge in [0.15, 0.2) is 0 Å². The minimum Gasteiger partial charge on any atom is -0.387 e. The first-order valence-corrected chi connectivity index (χ1v) is 7.91. The van der Waals surface area contributed by atoms with Crippen molar-refractivity contribution in [3.8, 4) is 0 Å². The number of nitrogens with zero attached hydrogens (tertiary/aromatic N) is 1. The number of likely N-dealkylation sites (tertiary alicyclic amines) is 1. The number of hydrogen-bond acceptors (Lipinski definition) is 3. The van der Waals surface area contributed by atoms with E-state index in [1.807, 2.05) is 6.07 Å². The Bertz CT molecular complexity index is 446. The molecule has 2 aliphatic rings. The topological polar surface area (TPSA) is 32.7 Å². The maximum absolute atomic E-state index is 10.7. The Morgan fingerprint density at radius 2 is 2.15 bits per heavy atom. The summed E-state index contributed by atoms with van der Waals surface area (Å²) in [6.45, 7) is 4.91. The first-order valence-electron chi connectivity index (χ1n) is 7.91. The van der Waals surface area contributed by atoms with Crippen LogP contribution in [-0.4, -0.2) is 41.8 Å². The zero-order valence-electron chi connectivity index (χ0n) is 12.3. The molecule has 1 aromatic carbocycles. The number of rotatable bonds is 3. The molecule has 0 spiro atoms. The molecule has 0 bridgehead atoms. The summed E-state index contributed by atoms with van der Waals surface area (Å²) in [5.74, 6) is 0. The Morgan fingerprint density at radius 3 is 3.00 bits per heavy atom. The Hall–Kier alpha value is -0.900. The SMILES string of the molecule is CCOC1CCCN(C2CCc3ccccc3C2O)C1. The van der Waals surface area contributed by atoms with E-state index in [4.69, 9.17) is 4.74 Å². The standard InChI is InChI=1S/C17H25NO2/c1-2-20-14-7-5-11-18(12-14)16-10-9-13-6-3-4-8-15(13)17(16)19/h3-4,6,8,14,16-17,19H,2,5,7,9-12H2,1H3. The van der Waals surface area contributed by atoms with E-state index < -0.39 is 0 Å². The molecule has 3 heteroatoms. The van der Waals surface area contributed by atoms with E-state index in [0.29, 0.717) is 6.10 Å². The minimum absolute atomic E-state index is 0.258. The Morgan fingerprint density at radius 1 is 1.30 bits per heavy atom. The molecule has 1 aromatic rings. The molecular weight excluding hydrogens is 250 g/mol. The van der Waals surface area contributed by atoms with Gasteiger partial charge in [0.2, 0.25) is 0 Å². The lowest BCUT2D eigenvalue weighted by atomic mass is 9.84. The van der Waals surface area contributed by atoms with Crippen molar-refractivity contribution in [3.05, 3.63) is 35.4 Å². The van der Waals surface area contributed by atoms with E-state index in [-0.39, 0.29) is 12.1 Å². The summed E-state index contributed by atoms with van der Waals surface area (Å²) in [7, 11) is 0. The summed E-state index contributed by atoms with van der Waals surface area (Å²) < 4.78 is 5.79. The van der Waals surface area contributed by atoms with Crippen LogP contribution in [0, 0.1) is 0 Å². The van der Waals surface area contributed by atoms with Crippen molar-refractivity contribution in [2.75, 3.05) is 19.7 Å². The van der Waals surface area contributed by atoms with Crippen molar-refractivity contribution in [1.82, 2.24) is 4.90 Å². The number of aryl methyl sites for hydroxylation is 1. The molecule has 1 aliphatic carbocycles. The Labute approximate surface area is 121 Å². The molecule has 1 aliphatic heterocycles. The van der Waals surface area contributed by atoms with E-state index in [0.717, 1.165) is 44.5 Å². The van der Waals surface area contributed by atoms with Crippen molar-refractivity contribution in [2.24, 2.45) is 0 Å². The fourth-order valence-electron chi connectivity index (χ4n) is 3.74. The third kappa shape index (κ3) is 2.76. The van der Waals surface area contributed by atoms with Gasteiger partial charge in [-0.25, -0.2) is 0 Å². The number of piperidine rings is 1. The van der Waals surface area contributed by atoms with Crippen LogP contribution in [0.4, 0.5) is 0 Å². The lowest BCUT2D eigenvalue weighted by Gasteiger charge is -2.42. The van der Waals surface area contributed by atoms with Crippen molar-refractivity contribution in [2.45, 2.75) is 50.9 Å². The van der Waals surface area contributed by atoms with Crippen LogP contribution in [0.2, 0.25) is 0 Å². The second kappa shape index (κ2) is 6.25. The maximum atomic E-state index is 10.7. The molecule has 0 amide bonds. The van der Waals surface area contributed by atoms with E-state index in [2.05, 4.69) is 30.0 Å². The lowest BCUT2D eigenvalue weighted by Crippen LogP contribution is -2.49. The van der Waals surface area contributed by atoms with Crippen LogP contribution in [0.3, 0.4) is 0 Å². The van der Waals surface area contributed by atoms with Crippen molar-refractivity contribution < 1.29 is 9.84 Å². The summed E-state index contributed by atoms with van der Waals surface area (Å²) in [6, 6.07) is 8.58. The van der Waals surface area contributed by atoms with Gasteiger partial charge in [0.25, 0.3) is 0 Å². The molecular formula is C17H25NO2. The van der Waals surface area contributed by atoms with E-state index in [1.165, 1.54) is 12.0 Å². The summed E-state index contributed by atoms with van der Waals surface area (Å²) in [5.41, 5.74) is 2.44. The molecule has 110 valence electrons. The van der Waals surface area contributed by atoms with Crippen LogP contribution in [0.5, 0.6) is 0 Å². The summed E-state index contributed by atoms with van der Waals surface area (Å²) in [4.78, 5) is 2.45. The van der Waals surface area contributed by atoms with Crippen LogP contribution >= 0.6 is 0 Å². The predicted octanol–water partition coefficient (Wildman–Crippen LogP) is 2.54. The minimum atomic E-state index is -0.347. The van der Waals surface area contributed by atoms with E-state index in [1.54, 1.807) is 0 Å². The number of benzene rings is 1. The van der Waals surface area contributed by atoms with E-state index in [9.17, 15) is 5.11 Å². The summed E-state index contributed by atoms with van der Waals surface area (Å²) in [5, 5.41) is 10.7. The lowest BCUT2D eigenvalue weighted by molar-refractivity contribution is -0.0379. The zero-order chi connectivity index (χ0) is 13.9. The molecule has 3 nitrogen and oxygen atoms in total. The van der Waals surface area contributed by atoms with Crippen LogP contribution in [-0.2, 0) is 11.2 Å². The van der Waals surface area contributed by atoms with Gasteiger partial charge in [0.1, 0.15) is 0 Å². The highest BCUT2D eigenvalue weighted by Crippen LogP contribution is 2.34. The number of aliphatic hydroxyl groups excluding tert-OH is 1. The number of fused-ring (bicyclic) bond motifs is 1. The summed E-state index contributed by atoms with van der Waals surface area (Å²) >= 11 is 0. The van der Waals surface area contributed by atoms with Crippen LogP contribution < -0.4 is 0 Å². The molecule has 20 heavy (non-hydrogen) atoms. The number of hydrogen-bond donors (Lipinski definition) is 1. The molecule has 0 radical (unpaired) electrons. The van der Waals surface area contributed by atoms with Gasteiger partial charge < -0.3 is 9.84 Å². The van der Waals surface area contributed by atoms with Gasteiger partial charge in [-0.15, -0.1) is 0 Å². The molecule has 0 aromatic heterocycles. The van der Waals surface area contributed by atoms with Gasteiger partial charge >= 0.3 is 0 Å². The second-order valence-electron chi connectivity index (χ2n) is 5.96. The molecule has 0 saturated carbocycles. The Kier molecular flexibility index (Phi) is 4.39. The fourth-order valence-corrected chi connectivity index (χ4v) is 3.74. The highest BCUT2D eigenvalue weighted by atomic mass is 16.5. The fraction of sp³-hybridized carbons (Fsp3) is 0.647. The highest BCUT2D eigenvalue weighted by Gasteiger charge is 2.34. The quantitative estimate of drug-likeness (QED) is 0.920. The third-order valence-electron chi connectivity index (χ3n) is 4.73. The first kappa shape index (κ1) is 14.1. The predicted molar refractivity (Wildman–Crippen MR) is 79.7 cm³/mol. The average molecular weight is 275 g/mol. The Balaban J connectivity index is 1.72. The average Bonchev–Trinajstić information content (AvgIpc) is 2.48. The third-order valence-corrected chi connectivity index (χ3v) is 4.73. The monoisotopic (exact) mass is 275 g/mol. The number of ether oxygens (including phenoxy) is 1. The van der Waals surface area contributed by atoms with Gasteiger partial charge in [-0.3, -0.25) is 4.90 Å². The first-order chi connectivity index (χ1) is 9.79. The van der Waals surface area contributed by atoms with Crippen molar-refractivity contribution >= 4 is 0 Å². The van der Waals surface area contributed by atoms with Gasteiger partial charge in [0, 0.05) is 19.2 Å². The molecule has 3 rings (SSSR count). The smallest absolute Gasteiger partial charge is 0.0947 e. The van der Waals surface area contributed by atoms with Crippen LogP contribution in [0.25, 0.3) is 0 Å². The van der Waals surface area contributed by atoms with Gasteiger partial charge in [-0.2, -0.15) is 0 Å². The molecule has 1 fully saturated rings. The van der Waals surface area contributed by atoms with Crippen molar-refractivity contribution in [3.63, 3.8) is 0 Å². The van der Waals surface area contributed by atoms with Crippen LogP contribution in [0.1, 0.15) is 43.4 Å². The normalized spacial score (nSPS) is 31.0. The summed E-state index contributed by atoms with van der Waals surface area (Å²) in [6.07, 6.45) is 4.46. The van der Waals surface area contributed by atoms with Gasteiger partial charge in [-0.1, -0.05) is 24.3 Å². The van der Waals surface area contributed by atoms with Gasteiger partial charge in [0.05, 0.1) is 12.2 Å². The van der Waals surface area contributed by atoms with E-state index >= 15 is 0 Å². The highest BCUT2D eigenvalue weighted by molar-refractivity contribution is 5.32.